The zero-order chi connectivity index (χ0) is 16.4. The van der Waals surface area contributed by atoms with Crippen LogP contribution in [-0.2, 0) is 4.74 Å². The fourth-order valence-corrected chi connectivity index (χ4v) is 2.57. The monoisotopic (exact) mass is 312 g/mol. The van der Waals surface area contributed by atoms with Gasteiger partial charge in [0.2, 0.25) is 0 Å². The van der Waals surface area contributed by atoms with Crippen molar-refractivity contribution in [2.75, 3.05) is 39.4 Å². The number of ether oxygens (including phenoxy) is 1. The fraction of sp³-hybridized carbons (Fsp3) is 0.941. The second-order valence-electron chi connectivity index (χ2n) is 6.73. The average molecular weight is 313 g/mol. The van der Waals surface area contributed by atoms with Gasteiger partial charge in [-0.25, -0.2) is 0 Å². The lowest BCUT2D eigenvalue weighted by Gasteiger charge is -2.31. The summed E-state index contributed by atoms with van der Waals surface area (Å²) >= 11 is 0. The van der Waals surface area contributed by atoms with Crippen molar-refractivity contribution in [1.29, 1.82) is 0 Å². The highest BCUT2D eigenvalue weighted by atomic mass is 16.5. The van der Waals surface area contributed by atoms with Crippen LogP contribution in [0.15, 0.2) is 4.99 Å². The first-order valence-corrected chi connectivity index (χ1v) is 8.89. The SMILES string of the molecule is CCNC(=NCC(C)N1CCOCC1)NC(C)CCC(C)C. The molecule has 1 saturated heterocycles. The Morgan fingerprint density at radius 1 is 1.14 bits per heavy atom. The van der Waals surface area contributed by atoms with E-state index in [1.165, 1.54) is 12.8 Å². The van der Waals surface area contributed by atoms with Crippen LogP contribution in [-0.4, -0.2) is 62.3 Å². The summed E-state index contributed by atoms with van der Waals surface area (Å²) in [6.45, 7) is 16.6. The normalized spacial score (nSPS) is 20.0. The molecule has 0 spiro atoms. The molecule has 0 radical (unpaired) electrons. The van der Waals surface area contributed by atoms with Crippen LogP contribution in [0.2, 0.25) is 0 Å². The van der Waals surface area contributed by atoms with E-state index in [1.807, 2.05) is 0 Å². The summed E-state index contributed by atoms with van der Waals surface area (Å²) in [5.74, 6) is 1.70. The van der Waals surface area contributed by atoms with E-state index < -0.39 is 0 Å². The summed E-state index contributed by atoms with van der Waals surface area (Å²) in [7, 11) is 0. The zero-order valence-electron chi connectivity index (χ0n) is 15.2. The Balaban J connectivity index is 2.42. The third-order valence-electron chi connectivity index (χ3n) is 4.09. The highest BCUT2D eigenvalue weighted by Crippen LogP contribution is 2.07. The number of hydrogen-bond acceptors (Lipinski definition) is 3. The van der Waals surface area contributed by atoms with Gasteiger partial charge in [-0.3, -0.25) is 9.89 Å². The lowest BCUT2D eigenvalue weighted by molar-refractivity contribution is 0.0220. The molecule has 5 nitrogen and oxygen atoms in total. The molecule has 1 heterocycles. The summed E-state index contributed by atoms with van der Waals surface area (Å²) in [5, 5.41) is 6.88. The van der Waals surface area contributed by atoms with E-state index in [9.17, 15) is 0 Å². The Morgan fingerprint density at radius 2 is 1.82 bits per heavy atom. The number of guanidine groups is 1. The van der Waals surface area contributed by atoms with Crippen molar-refractivity contribution in [2.24, 2.45) is 10.9 Å². The quantitative estimate of drug-likeness (QED) is 0.532. The van der Waals surface area contributed by atoms with Crippen molar-refractivity contribution in [3.05, 3.63) is 0 Å². The molecular weight excluding hydrogens is 276 g/mol. The molecule has 0 aromatic carbocycles. The molecule has 0 aromatic heterocycles. The molecule has 0 bridgehead atoms. The number of aliphatic imine (C=N–C) groups is 1. The molecular formula is C17H36N4O. The third-order valence-corrected chi connectivity index (χ3v) is 4.09. The molecule has 0 amide bonds. The minimum absolute atomic E-state index is 0.457. The second kappa shape index (κ2) is 10.8. The standard InChI is InChI=1S/C17H36N4O/c1-6-18-17(20-15(4)8-7-14(2)3)19-13-16(5)21-9-11-22-12-10-21/h14-16H,6-13H2,1-5H3,(H2,18,19,20). The van der Waals surface area contributed by atoms with Crippen LogP contribution in [0.25, 0.3) is 0 Å². The lowest BCUT2D eigenvalue weighted by Crippen LogP contribution is -2.45. The predicted octanol–water partition coefficient (Wildman–Crippen LogP) is 2.09. The summed E-state index contributed by atoms with van der Waals surface area (Å²) in [6, 6.07) is 0.921. The van der Waals surface area contributed by atoms with E-state index in [1.54, 1.807) is 0 Å². The molecule has 1 rings (SSSR count). The molecule has 22 heavy (non-hydrogen) atoms. The number of nitrogens with zero attached hydrogens (tertiary/aromatic N) is 2. The van der Waals surface area contributed by atoms with Crippen molar-refractivity contribution in [2.45, 2.75) is 59.5 Å². The highest BCUT2D eigenvalue weighted by molar-refractivity contribution is 5.80. The summed E-state index contributed by atoms with van der Waals surface area (Å²) in [5.41, 5.74) is 0. The predicted molar refractivity (Wildman–Crippen MR) is 94.5 cm³/mol. The minimum Gasteiger partial charge on any atom is -0.379 e. The molecule has 1 fully saturated rings. The fourth-order valence-electron chi connectivity index (χ4n) is 2.57. The topological polar surface area (TPSA) is 48.9 Å². The largest absolute Gasteiger partial charge is 0.379 e. The van der Waals surface area contributed by atoms with Crippen LogP contribution in [0.1, 0.15) is 47.5 Å². The average Bonchev–Trinajstić information content (AvgIpc) is 2.51. The molecule has 1 aliphatic rings. The van der Waals surface area contributed by atoms with Gasteiger partial charge in [0.15, 0.2) is 5.96 Å². The van der Waals surface area contributed by atoms with E-state index in [4.69, 9.17) is 9.73 Å². The van der Waals surface area contributed by atoms with Crippen molar-refractivity contribution in [3.8, 4) is 0 Å². The molecule has 0 aliphatic carbocycles. The maximum atomic E-state index is 5.41. The van der Waals surface area contributed by atoms with Crippen LogP contribution in [0.5, 0.6) is 0 Å². The smallest absolute Gasteiger partial charge is 0.191 e. The Hall–Kier alpha value is -0.810. The first-order chi connectivity index (χ1) is 10.5. The zero-order valence-corrected chi connectivity index (χ0v) is 15.2. The van der Waals surface area contributed by atoms with Crippen molar-refractivity contribution >= 4 is 5.96 Å². The minimum atomic E-state index is 0.457. The molecule has 5 heteroatoms. The summed E-state index contributed by atoms with van der Waals surface area (Å²) < 4.78 is 5.41. The third kappa shape index (κ3) is 7.99. The molecule has 2 N–H and O–H groups in total. The first kappa shape index (κ1) is 19.2. The van der Waals surface area contributed by atoms with E-state index >= 15 is 0 Å². The van der Waals surface area contributed by atoms with Crippen LogP contribution in [0.3, 0.4) is 0 Å². The van der Waals surface area contributed by atoms with Gasteiger partial charge < -0.3 is 15.4 Å². The Kier molecular flexibility index (Phi) is 9.48. The van der Waals surface area contributed by atoms with E-state index in [0.717, 1.165) is 51.3 Å². The Bertz CT molecular complexity index is 314. The van der Waals surface area contributed by atoms with Gasteiger partial charge in [-0.15, -0.1) is 0 Å². The van der Waals surface area contributed by atoms with Gasteiger partial charge in [-0.05, 0) is 39.5 Å². The van der Waals surface area contributed by atoms with Gasteiger partial charge in [0.05, 0.1) is 19.8 Å². The van der Waals surface area contributed by atoms with E-state index in [0.29, 0.717) is 12.1 Å². The van der Waals surface area contributed by atoms with Crippen molar-refractivity contribution in [1.82, 2.24) is 15.5 Å². The van der Waals surface area contributed by atoms with Gasteiger partial charge in [0.1, 0.15) is 0 Å². The number of hydrogen-bond donors (Lipinski definition) is 2. The molecule has 2 atom stereocenters. The summed E-state index contributed by atoms with van der Waals surface area (Å²) in [4.78, 5) is 7.22. The van der Waals surface area contributed by atoms with Crippen LogP contribution in [0.4, 0.5) is 0 Å². The van der Waals surface area contributed by atoms with Gasteiger partial charge in [-0.1, -0.05) is 13.8 Å². The van der Waals surface area contributed by atoms with Crippen LogP contribution >= 0.6 is 0 Å². The molecule has 2 unspecified atom stereocenters. The Labute approximate surface area is 136 Å². The van der Waals surface area contributed by atoms with Crippen molar-refractivity contribution in [3.63, 3.8) is 0 Å². The van der Waals surface area contributed by atoms with E-state index in [-0.39, 0.29) is 0 Å². The molecule has 0 saturated carbocycles. The number of nitrogens with one attached hydrogen (secondary N) is 2. The Morgan fingerprint density at radius 3 is 2.41 bits per heavy atom. The van der Waals surface area contributed by atoms with Crippen molar-refractivity contribution < 1.29 is 4.74 Å². The van der Waals surface area contributed by atoms with Crippen LogP contribution in [0, 0.1) is 5.92 Å². The summed E-state index contributed by atoms with van der Waals surface area (Å²) in [6.07, 6.45) is 2.43. The van der Waals surface area contributed by atoms with Gasteiger partial charge >= 0.3 is 0 Å². The van der Waals surface area contributed by atoms with E-state index in [2.05, 4.69) is 50.2 Å². The highest BCUT2D eigenvalue weighted by Gasteiger charge is 2.16. The van der Waals surface area contributed by atoms with Crippen LogP contribution < -0.4 is 10.6 Å². The van der Waals surface area contributed by atoms with Gasteiger partial charge in [-0.2, -0.15) is 0 Å². The molecule has 1 aliphatic heterocycles. The first-order valence-electron chi connectivity index (χ1n) is 8.89. The second-order valence-corrected chi connectivity index (χ2v) is 6.73. The molecule has 130 valence electrons. The lowest BCUT2D eigenvalue weighted by atomic mass is 10.0. The maximum absolute atomic E-state index is 5.41. The molecule has 0 aromatic rings. The number of rotatable bonds is 8. The maximum Gasteiger partial charge on any atom is 0.191 e. The van der Waals surface area contributed by atoms with Gasteiger partial charge in [0.25, 0.3) is 0 Å². The van der Waals surface area contributed by atoms with Gasteiger partial charge in [0, 0.05) is 31.7 Å². The number of morpholine rings is 1.